The number of hydrazone groups is 1. The molecular formula is C14H12FN3O. The first-order valence-corrected chi connectivity index (χ1v) is 5.92. The van der Waals surface area contributed by atoms with Crippen LogP contribution in [-0.4, -0.2) is 28.2 Å². The van der Waals surface area contributed by atoms with Crippen LogP contribution in [0.3, 0.4) is 0 Å². The molecule has 0 unspecified atom stereocenters. The molecule has 0 spiro atoms. The highest BCUT2D eigenvalue weighted by atomic mass is 19.1. The molecule has 2 heterocycles. The summed E-state index contributed by atoms with van der Waals surface area (Å²) < 4.78 is 14.8. The fourth-order valence-electron chi connectivity index (χ4n) is 2.09. The second-order valence-electron chi connectivity index (χ2n) is 4.39. The van der Waals surface area contributed by atoms with Gasteiger partial charge in [0.15, 0.2) is 0 Å². The summed E-state index contributed by atoms with van der Waals surface area (Å²) in [6.07, 6.45) is 1.84. The largest absolute Gasteiger partial charge is 0.337 e. The van der Waals surface area contributed by atoms with Gasteiger partial charge in [-0.15, -0.1) is 0 Å². The van der Waals surface area contributed by atoms with Crippen molar-refractivity contribution < 1.29 is 9.18 Å². The standard InChI is InChI=1S/C14H12FN3O/c1-17-13(19)9-18-8-2-3-12(18)14(16-17)10-4-6-11(15)7-5-10/h2-8H,9H2,1H3. The average molecular weight is 257 g/mol. The molecule has 0 aliphatic carbocycles. The van der Waals surface area contributed by atoms with Gasteiger partial charge in [0.1, 0.15) is 18.1 Å². The van der Waals surface area contributed by atoms with Crippen LogP contribution >= 0.6 is 0 Å². The Morgan fingerprint density at radius 2 is 1.95 bits per heavy atom. The molecule has 0 saturated heterocycles. The topological polar surface area (TPSA) is 37.6 Å². The summed E-state index contributed by atoms with van der Waals surface area (Å²) in [6, 6.07) is 9.86. The molecule has 96 valence electrons. The third-order valence-electron chi connectivity index (χ3n) is 3.11. The number of halogens is 1. The van der Waals surface area contributed by atoms with E-state index in [1.165, 1.54) is 17.1 Å². The third-order valence-corrected chi connectivity index (χ3v) is 3.11. The van der Waals surface area contributed by atoms with E-state index in [2.05, 4.69) is 5.10 Å². The summed E-state index contributed by atoms with van der Waals surface area (Å²) in [5.74, 6) is -0.382. The molecule has 4 nitrogen and oxygen atoms in total. The second kappa shape index (κ2) is 4.35. The molecule has 1 aliphatic rings. The van der Waals surface area contributed by atoms with E-state index < -0.39 is 0 Å². The van der Waals surface area contributed by atoms with Gasteiger partial charge in [-0.25, -0.2) is 9.40 Å². The predicted molar refractivity (Wildman–Crippen MR) is 69.2 cm³/mol. The summed E-state index contributed by atoms with van der Waals surface area (Å²) in [4.78, 5) is 11.8. The van der Waals surface area contributed by atoms with Crippen LogP contribution in [-0.2, 0) is 11.3 Å². The van der Waals surface area contributed by atoms with E-state index in [1.807, 2.05) is 22.9 Å². The molecule has 0 bridgehead atoms. The van der Waals surface area contributed by atoms with Gasteiger partial charge in [0.25, 0.3) is 5.91 Å². The van der Waals surface area contributed by atoms with Gasteiger partial charge >= 0.3 is 0 Å². The van der Waals surface area contributed by atoms with E-state index in [4.69, 9.17) is 0 Å². The number of fused-ring (bicyclic) bond motifs is 1. The molecule has 5 heteroatoms. The molecule has 0 N–H and O–H groups in total. The molecule has 3 rings (SSSR count). The molecule has 0 atom stereocenters. The second-order valence-corrected chi connectivity index (χ2v) is 4.39. The zero-order chi connectivity index (χ0) is 13.4. The third kappa shape index (κ3) is 2.03. The minimum Gasteiger partial charge on any atom is -0.337 e. The molecule has 1 aliphatic heterocycles. The lowest BCUT2D eigenvalue weighted by Crippen LogP contribution is -2.23. The van der Waals surface area contributed by atoms with Crippen LogP contribution in [0.2, 0.25) is 0 Å². The van der Waals surface area contributed by atoms with Gasteiger partial charge < -0.3 is 4.57 Å². The summed E-state index contributed by atoms with van der Waals surface area (Å²) in [7, 11) is 1.62. The molecule has 0 radical (unpaired) electrons. The van der Waals surface area contributed by atoms with Crippen molar-refractivity contribution in [3.05, 3.63) is 59.7 Å². The van der Waals surface area contributed by atoms with Crippen LogP contribution in [0.15, 0.2) is 47.7 Å². The molecule has 2 aromatic rings. The number of rotatable bonds is 1. The number of nitrogens with zero attached hydrogens (tertiary/aromatic N) is 3. The number of benzene rings is 1. The van der Waals surface area contributed by atoms with Crippen molar-refractivity contribution in [2.24, 2.45) is 5.10 Å². The van der Waals surface area contributed by atoms with Crippen LogP contribution < -0.4 is 0 Å². The maximum Gasteiger partial charge on any atom is 0.262 e. The van der Waals surface area contributed by atoms with E-state index >= 15 is 0 Å². The Kier molecular flexibility index (Phi) is 2.67. The number of amides is 1. The summed E-state index contributed by atoms with van der Waals surface area (Å²) in [5.41, 5.74) is 2.30. The average Bonchev–Trinajstić information content (AvgIpc) is 2.80. The quantitative estimate of drug-likeness (QED) is 0.768. The zero-order valence-electron chi connectivity index (χ0n) is 10.4. The number of hydrogen-bond donors (Lipinski definition) is 0. The highest BCUT2D eigenvalue weighted by Crippen LogP contribution is 2.16. The van der Waals surface area contributed by atoms with Crippen molar-refractivity contribution in [1.29, 1.82) is 0 Å². The van der Waals surface area contributed by atoms with Crippen molar-refractivity contribution in [3.63, 3.8) is 0 Å². The lowest BCUT2D eigenvalue weighted by Gasteiger charge is -2.09. The number of aromatic nitrogens is 1. The van der Waals surface area contributed by atoms with E-state index in [0.717, 1.165) is 11.3 Å². The summed E-state index contributed by atoms with van der Waals surface area (Å²) in [5, 5.41) is 5.65. The van der Waals surface area contributed by atoms with Crippen LogP contribution in [0.25, 0.3) is 0 Å². The van der Waals surface area contributed by atoms with Gasteiger partial charge in [-0.1, -0.05) is 0 Å². The number of carbonyl (C=O) groups is 1. The summed E-state index contributed by atoms with van der Waals surface area (Å²) >= 11 is 0. The van der Waals surface area contributed by atoms with E-state index in [0.29, 0.717) is 5.71 Å². The van der Waals surface area contributed by atoms with Crippen LogP contribution in [0, 0.1) is 5.82 Å². The molecule has 0 saturated carbocycles. The fourth-order valence-corrected chi connectivity index (χ4v) is 2.09. The maximum atomic E-state index is 13.0. The van der Waals surface area contributed by atoms with Gasteiger partial charge in [0, 0.05) is 18.8 Å². The van der Waals surface area contributed by atoms with Crippen LogP contribution in [0.5, 0.6) is 0 Å². The summed E-state index contributed by atoms with van der Waals surface area (Å²) in [6.45, 7) is 0.257. The Labute approximate surface area is 109 Å². The monoisotopic (exact) mass is 257 g/mol. The maximum absolute atomic E-state index is 13.0. The lowest BCUT2D eigenvalue weighted by molar-refractivity contribution is -0.130. The Morgan fingerprint density at radius 1 is 1.21 bits per heavy atom. The van der Waals surface area contributed by atoms with Gasteiger partial charge in [-0.2, -0.15) is 5.10 Å². The lowest BCUT2D eigenvalue weighted by atomic mass is 10.1. The van der Waals surface area contributed by atoms with Crippen LogP contribution in [0.4, 0.5) is 4.39 Å². The fraction of sp³-hybridized carbons (Fsp3) is 0.143. The van der Waals surface area contributed by atoms with Gasteiger partial charge in [-0.3, -0.25) is 4.79 Å². The minimum atomic E-state index is -0.294. The molecule has 1 aromatic heterocycles. The zero-order valence-corrected chi connectivity index (χ0v) is 10.4. The smallest absolute Gasteiger partial charge is 0.262 e. The molecule has 1 amide bonds. The highest BCUT2D eigenvalue weighted by Gasteiger charge is 2.20. The minimum absolute atomic E-state index is 0.0884. The van der Waals surface area contributed by atoms with Gasteiger partial charge in [-0.05, 0) is 36.4 Å². The van der Waals surface area contributed by atoms with Crippen molar-refractivity contribution in [2.75, 3.05) is 7.05 Å². The number of likely N-dealkylation sites (N-methyl/N-ethyl adjacent to an activating group) is 1. The highest BCUT2D eigenvalue weighted by molar-refractivity contribution is 6.12. The molecular weight excluding hydrogens is 245 g/mol. The molecule has 19 heavy (non-hydrogen) atoms. The van der Waals surface area contributed by atoms with Crippen molar-refractivity contribution >= 4 is 11.6 Å². The van der Waals surface area contributed by atoms with E-state index in [9.17, 15) is 9.18 Å². The molecule has 1 aromatic carbocycles. The molecule has 0 fully saturated rings. The first-order valence-electron chi connectivity index (χ1n) is 5.92. The van der Waals surface area contributed by atoms with Gasteiger partial charge in [0.2, 0.25) is 0 Å². The first kappa shape index (κ1) is 11.6. The van der Waals surface area contributed by atoms with Crippen molar-refractivity contribution in [1.82, 2.24) is 9.58 Å². The van der Waals surface area contributed by atoms with Crippen molar-refractivity contribution in [2.45, 2.75) is 6.54 Å². The van der Waals surface area contributed by atoms with E-state index in [1.54, 1.807) is 19.2 Å². The number of hydrogen-bond acceptors (Lipinski definition) is 2. The Hall–Kier alpha value is -2.43. The van der Waals surface area contributed by atoms with Crippen LogP contribution in [0.1, 0.15) is 11.3 Å². The first-order chi connectivity index (χ1) is 9.15. The van der Waals surface area contributed by atoms with E-state index in [-0.39, 0.29) is 18.3 Å². The predicted octanol–water partition coefficient (Wildman–Crippen LogP) is 1.85. The normalized spacial score (nSPS) is 14.9. The SMILES string of the molecule is CN1N=C(c2ccc(F)cc2)c2cccn2CC1=O. The van der Waals surface area contributed by atoms with Crippen molar-refractivity contribution in [3.8, 4) is 0 Å². The Morgan fingerprint density at radius 3 is 2.68 bits per heavy atom. The Bertz CT molecular complexity index is 658. The Balaban J connectivity index is 2.15. The number of carbonyl (C=O) groups excluding carboxylic acids is 1. The van der Waals surface area contributed by atoms with Gasteiger partial charge in [0.05, 0.1) is 5.69 Å².